The molecule has 0 amide bonds. The third kappa shape index (κ3) is 3.10. The molecule has 2 rings (SSSR count). The van der Waals surface area contributed by atoms with E-state index in [0.717, 1.165) is 16.3 Å². The molecule has 0 unspecified atom stereocenters. The number of thiazole rings is 1. The molecule has 0 bridgehead atoms. The van der Waals surface area contributed by atoms with Crippen molar-refractivity contribution in [3.63, 3.8) is 0 Å². The second-order valence-corrected chi connectivity index (χ2v) is 4.38. The minimum atomic E-state index is -0.203. The van der Waals surface area contributed by atoms with Crippen molar-refractivity contribution >= 4 is 17.3 Å². The van der Waals surface area contributed by atoms with Gasteiger partial charge >= 0.3 is 5.97 Å². The number of ether oxygens (including phenoxy) is 1. The second kappa shape index (κ2) is 5.54. The number of aromatic nitrogens is 2. The first-order chi connectivity index (χ1) is 8.29. The average Bonchev–Trinajstić information content (AvgIpc) is 2.86. The van der Waals surface area contributed by atoms with Gasteiger partial charge in [-0.1, -0.05) is 0 Å². The van der Waals surface area contributed by atoms with Crippen molar-refractivity contribution < 1.29 is 9.53 Å². The Morgan fingerprint density at radius 1 is 1.41 bits per heavy atom. The van der Waals surface area contributed by atoms with Gasteiger partial charge in [-0.05, 0) is 12.1 Å². The zero-order chi connectivity index (χ0) is 12.1. The number of carbonyl (C=O) groups is 1. The Labute approximate surface area is 103 Å². The largest absolute Gasteiger partial charge is 0.469 e. The van der Waals surface area contributed by atoms with E-state index in [-0.39, 0.29) is 5.97 Å². The van der Waals surface area contributed by atoms with Gasteiger partial charge in [0, 0.05) is 29.8 Å². The Bertz CT molecular complexity index is 496. The van der Waals surface area contributed by atoms with Gasteiger partial charge in [0.05, 0.1) is 24.2 Å². The van der Waals surface area contributed by atoms with Gasteiger partial charge in [0.2, 0.25) is 0 Å². The molecule has 0 aliphatic heterocycles. The van der Waals surface area contributed by atoms with Crippen LogP contribution < -0.4 is 0 Å². The van der Waals surface area contributed by atoms with Gasteiger partial charge in [0.15, 0.2) is 0 Å². The van der Waals surface area contributed by atoms with Crippen LogP contribution in [-0.2, 0) is 16.0 Å². The third-order valence-corrected chi connectivity index (χ3v) is 3.21. The van der Waals surface area contributed by atoms with Crippen molar-refractivity contribution in [3.8, 4) is 11.3 Å². The van der Waals surface area contributed by atoms with Crippen LogP contribution in [0, 0.1) is 0 Å². The molecular formula is C12H12N2O2S. The van der Waals surface area contributed by atoms with Crippen LogP contribution >= 0.6 is 11.3 Å². The fraction of sp³-hybridized carbons (Fsp3) is 0.250. The fourth-order valence-corrected chi connectivity index (χ4v) is 2.20. The summed E-state index contributed by atoms with van der Waals surface area (Å²) < 4.78 is 4.59. The summed E-state index contributed by atoms with van der Waals surface area (Å²) in [4.78, 5) is 19.4. The maximum atomic E-state index is 11.0. The van der Waals surface area contributed by atoms with Gasteiger partial charge in [0.1, 0.15) is 0 Å². The molecule has 0 fully saturated rings. The summed E-state index contributed by atoms with van der Waals surface area (Å²) in [7, 11) is 1.40. The number of nitrogens with zero attached hydrogens (tertiary/aromatic N) is 2. The lowest BCUT2D eigenvalue weighted by atomic mass is 10.2. The lowest BCUT2D eigenvalue weighted by Gasteiger charge is -1.96. The summed E-state index contributed by atoms with van der Waals surface area (Å²) in [6.07, 6.45) is 4.48. The van der Waals surface area contributed by atoms with Crippen molar-refractivity contribution in [3.05, 3.63) is 34.9 Å². The van der Waals surface area contributed by atoms with Crippen molar-refractivity contribution in [1.29, 1.82) is 0 Å². The molecule has 2 heterocycles. The average molecular weight is 248 g/mol. The Balaban J connectivity index is 2.04. The van der Waals surface area contributed by atoms with Crippen molar-refractivity contribution in [2.24, 2.45) is 0 Å². The highest BCUT2D eigenvalue weighted by atomic mass is 32.1. The first-order valence-electron chi connectivity index (χ1n) is 5.21. The summed E-state index contributed by atoms with van der Waals surface area (Å²) in [5.41, 5.74) is 1.97. The summed E-state index contributed by atoms with van der Waals surface area (Å²) in [5.74, 6) is -0.203. The lowest BCUT2D eigenvalue weighted by Crippen LogP contribution is -2.01. The van der Waals surface area contributed by atoms with Crippen molar-refractivity contribution in [2.75, 3.05) is 7.11 Å². The number of pyridine rings is 1. The Morgan fingerprint density at radius 3 is 2.88 bits per heavy atom. The van der Waals surface area contributed by atoms with Crippen LogP contribution in [0.3, 0.4) is 0 Å². The van der Waals surface area contributed by atoms with Crippen LogP contribution in [0.25, 0.3) is 11.3 Å². The molecule has 0 saturated heterocycles. The molecule has 2 aromatic heterocycles. The molecule has 0 aromatic carbocycles. The molecule has 4 nitrogen and oxygen atoms in total. The van der Waals surface area contributed by atoms with Gasteiger partial charge in [0.25, 0.3) is 0 Å². The molecule has 0 aliphatic carbocycles. The third-order valence-electron chi connectivity index (χ3n) is 2.30. The van der Waals surface area contributed by atoms with Gasteiger partial charge in [-0.25, -0.2) is 4.98 Å². The quantitative estimate of drug-likeness (QED) is 0.779. The number of rotatable bonds is 4. The van der Waals surface area contributed by atoms with Gasteiger partial charge in [-0.3, -0.25) is 9.78 Å². The first-order valence-corrected chi connectivity index (χ1v) is 6.09. The molecule has 0 atom stereocenters. The Morgan fingerprint density at radius 2 is 2.18 bits per heavy atom. The highest BCUT2D eigenvalue weighted by Gasteiger charge is 2.07. The maximum Gasteiger partial charge on any atom is 0.305 e. The van der Waals surface area contributed by atoms with E-state index < -0.39 is 0 Å². The number of hydrogen-bond acceptors (Lipinski definition) is 5. The van der Waals surface area contributed by atoms with E-state index >= 15 is 0 Å². The molecule has 88 valence electrons. The SMILES string of the molecule is COC(=O)CCc1nc(-c2ccncc2)cs1. The van der Waals surface area contributed by atoms with E-state index in [1.54, 1.807) is 23.7 Å². The summed E-state index contributed by atoms with van der Waals surface area (Å²) in [5, 5.41) is 2.93. The van der Waals surface area contributed by atoms with E-state index in [0.29, 0.717) is 12.8 Å². The molecule has 5 heteroatoms. The molecule has 0 saturated carbocycles. The Kier molecular flexibility index (Phi) is 3.82. The van der Waals surface area contributed by atoms with Crippen molar-refractivity contribution in [1.82, 2.24) is 9.97 Å². The van der Waals surface area contributed by atoms with E-state index in [4.69, 9.17) is 0 Å². The molecule has 0 N–H and O–H groups in total. The van der Waals surface area contributed by atoms with Crippen LogP contribution in [0.2, 0.25) is 0 Å². The molecule has 0 spiro atoms. The van der Waals surface area contributed by atoms with Crippen LogP contribution in [0.4, 0.5) is 0 Å². The van der Waals surface area contributed by atoms with Gasteiger partial charge in [-0.2, -0.15) is 0 Å². The van der Waals surface area contributed by atoms with E-state index in [1.807, 2.05) is 17.5 Å². The summed E-state index contributed by atoms with van der Waals surface area (Å²) >= 11 is 1.56. The van der Waals surface area contributed by atoms with Crippen LogP contribution in [0.5, 0.6) is 0 Å². The van der Waals surface area contributed by atoms with Gasteiger partial charge in [-0.15, -0.1) is 11.3 Å². The van der Waals surface area contributed by atoms with E-state index in [1.165, 1.54) is 7.11 Å². The van der Waals surface area contributed by atoms with E-state index in [9.17, 15) is 4.79 Å². The molecular weight excluding hydrogens is 236 g/mol. The monoisotopic (exact) mass is 248 g/mol. The number of methoxy groups -OCH3 is 1. The summed E-state index contributed by atoms with van der Waals surface area (Å²) in [6, 6.07) is 3.83. The zero-order valence-electron chi connectivity index (χ0n) is 9.42. The van der Waals surface area contributed by atoms with Gasteiger partial charge < -0.3 is 4.74 Å². The number of esters is 1. The highest BCUT2D eigenvalue weighted by molar-refractivity contribution is 7.09. The predicted octanol–water partition coefficient (Wildman–Crippen LogP) is 2.31. The van der Waals surface area contributed by atoms with Crippen LogP contribution in [0.15, 0.2) is 29.9 Å². The standard InChI is InChI=1S/C12H12N2O2S/c1-16-12(15)3-2-11-14-10(8-17-11)9-4-6-13-7-5-9/h4-8H,2-3H2,1H3. The summed E-state index contributed by atoms with van der Waals surface area (Å²) in [6.45, 7) is 0. The topological polar surface area (TPSA) is 52.1 Å². The molecule has 0 radical (unpaired) electrons. The fourth-order valence-electron chi connectivity index (χ4n) is 1.39. The molecule has 0 aliphatic rings. The Hall–Kier alpha value is -1.75. The number of carbonyl (C=O) groups excluding carboxylic acids is 1. The zero-order valence-corrected chi connectivity index (χ0v) is 10.2. The highest BCUT2D eigenvalue weighted by Crippen LogP contribution is 2.21. The second-order valence-electron chi connectivity index (χ2n) is 3.44. The predicted molar refractivity (Wildman–Crippen MR) is 65.7 cm³/mol. The van der Waals surface area contributed by atoms with Crippen molar-refractivity contribution in [2.45, 2.75) is 12.8 Å². The lowest BCUT2D eigenvalue weighted by molar-refractivity contribution is -0.140. The number of hydrogen-bond donors (Lipinski definition) is 0. The number of aryl methyl sites for hydroxylation is 1. The minimum Gasteiger partial charge on any atom is -0.469 e. The first kappa shape index (κ1) is 11.7. The normalized spacial score (nSPS) is 10.2. The van der Waals surface area contributed by atoms with Crippen LogP contribution in [-0.4, -0.2) is 23.0 Å². The molecule has 17 heavy (non-hydrogen) atoms. The van der Waals surface area contributed by atoms with E-state index in [2.05, 4.69) is 14.7 Å². The molecule has 2 aromatic rings. The smallest absolute Gasteiger partial charge is 0.305 e. The maximum absolute atomic E-state index is 11.0. The van der Waals surface area contributed by atoms with Crippen LogP contribution in [0.1, 0.15) is 11.4 Å². The minimum absolute atomic E-state index is 0.203.